The second kappa shape index (κ2) is 9.61. The van der Waals surface area contributed by atoms with Crippen LogP contribution in [0.25, 0.3) is 0 Å². The van der Waals surface area contributed by atoms with E-state index in [1.54, 1.807) is 0 Å². The van der Waals surface area contributed by atoms with E-state index in [1.165, 1.54) is 0 Å². The average molecular weight is 506 g/mol. The third-order valence-electron chi connectivity index (χ3n) is 4.48. The predicted octanol–water partition coefficient (Wildman–Crippen LogP) is -0.718. The molecule has 36 heavy (non-hydrogen) atoms. The van der Waals surface area contributed by atoms with Crippen LogP contribution in [0.4, 0.5) is 17.6 Å². The molecule has 186 valence electrons. The Morgan fingerprint density at radius 1 is 0.500 bits per heavy atom. The normalized spacial score (nSPS) is 10.6. The van der Waals surface area contributed by atoms with Crippen molar-refractivity contribution in [3.8, 4) is 23.0 Å². The van der Waals surface area contributed by atoms with Crippen LogP contribution in [-0.2, 0) is 0 Å². The molecule has 0 heterocycles. The maximum Gasteiger partial charge on any atom is 0.208 e. The smallest absolute Gasteiger partial charge is 0.208 e. The summed E-state index contributed by atoms with van der Waals surface area (Å²) >= 11 is 0. The largest absolute Gasteiger partial charge is 0.545 e. The molecule has 0 spiro atoms. The Morgan fingerprint density at radius 2 is 0.778 bits per heavy atom. The lowest BCUT2D eigenvalue weighted by molar-refractivity contribution is -0.259. The van der Waals surface area contributed by atoms with E-state index >= 15 is 0 Å². The van der Waals surface area contributed by atoms with E-state index in [2.05, 4.69) is 9.47 Å². The Labute approximate surface area is 196 Å². The van der Waals surface area contributed by atoms with Crippen molar-refractivity contribution >= 4 is 23.9 Å². The number of carboxylic acids is 4. The van der Waals surface area contributed by atoms with Gasteiger partial charge >= 0.3 is 0 Å². The summed E-state index contributed by atoms with van der Waals surface area (Å²) in [6, 6.07) is 3.52. The van der Waals surface area contributed by atoms with E-state index in [0.717, 1.165) is 0 Å². The molecule has 0 atom stereocenters. The standard InChI is InChI=1S/C22H10F4O10/c23-13-15(25)18(36-8-2-4-10(20(29)30)12(6-8)22(33)34)16(26)14(24)17(13)35-7-1-3-9(19(27)28)11(5-7)21(31)32/h1-6H,(H,27,28)(H,29,30)(H,31,32)(H,33,34)/p-4. The fraction of sp³-hybridized carbons (Fsp3) is 0. The number of carbonyl (C=O) groups excluding carboxylic acids is 4. The van der Waals surface area contributed by atoms with Gasteiger partial charge in [-0.3, -0.25) is 0 Å². The van der Waals surface area contributed by atoms with E-state index in [4.69, 9.17) is 0 Å². The van der Waals surface area contributed by atoms with Crippen molar-refractivity contribution in [2.45, 2.75) is 0 Å². The van der Waals surface area contributed by atoms with Crippen LogP contribution in [0.1, 0.15) is 41.4 Å². The number of benzene rings is 3. The maximum absolute atomic E-state index is 14.5. The first-order chi connectivity index (χ1) is 16.8. The quantitative estimate of drug-likeness (QED) is 0.280. The third-order valence-corrected chi connectivity index (χ3v) is 4.48. The van der Waals surface area contributed by atoms with Crippen molar-refractivity contribution in [3.05, 3.63) is 81.9 Å². The Bertz CT molecular complexity index is 1310. The highest BCUT2D eigenvalue weighted by atomic mass is 19.2. The van der Waals surface area contributed by atoms with Crippen molar-refractivity contribution in [2.24, 2.45) is 0 Å². The van der Waals surface area contributed by atoms with E-state index in [0.29, 0.717) is 36.4 Å². The minimum atomic E-state index is -2.19. The molecule has 0 saturated heterocycles. The number of carboxylic acid groups (broad SMARTS) is 4. The highest BCUT2D eigenvalue weighted by Crippen LogP contribution is 2.39. The lowest BCUT2D eigenvalue weighted by atomic mass is 10.1. The molecule has 0 aromatic heterocycles. The summed E-state index contributed by atoms with van der Waals surface area (Å²) in [5, 5.41) is 44.1. The van der Waals surface area contributed by atoms with Crippen LogP contribution in [0.3, 0.4) is 0 Å². The SMILES string of the molecule is O=C([O-])c1ccc(Oc2c(F)c(F)c(Oc3ccc(C(=O)[O-])c(C(=O)[O-])c3)c(F)c2F)cc1C(=O)[O-]. The molecule has 3 aromatic carbocycles. The molecule has 0 fully saturated rings. The monoisotopic (exact) mass is 506 g/mol. The summed E-state index contributed by atoms with van der Waals surface area (Å²) in [6.45, 7) is 0. The van der Waals surface area contributed by atoms with Crippen LogP contribution in [0.15, 0.2) is 36.4 Å². The van der Waals surface area contributed by atoms with Crippen LogP contribution < -0.4 is 29.9 Å². The summed E-state index contributed by atoms with van der Waals surface area (Å²) in [5.41, 5.74) is -3.83. The molecule has 0 aliphatic rings. The summed E-state index contributed by atoms with van der Waals surface area (Å²) < 4.78 is 67.5. The van der Waals surface area contributed by atoms with E-state index in [1.807, 2.05) is 0 Å². The van der Waals surface area contributed by atoms with Gasteiger partial charge in [-0.2, -0.15) is 17.6 Å². The van der Waals surface area contributed by atoms with Gasteiger partial charge in [0, 0.05) is 22.3 Å². The molecule has 0 unspecified atom stereocenters. The van der Waals surface area contributed by atoms with Crippen LogP contribution in [0.2, 0.25) is 0 Å². The van der Waals surface area contributed by atoms with Gasteiger partial charge in [-0.05, 0) is 36.4 Å². The highest BCUT2D eigenvalue weighted by Gasteiger charge is 2.29. The van der Waals surface area contributed by atoms with Gasteiger partial charge in [0.15, 0.2) is 0 Å². The molecule has 0 saturated carbocycles. The molecule has 14 heteroatoms. The van der Waals surface area contributed by atoms with Gasteiger partial charge in [0.25, 0.3) is 0 Å². The lowest BCUT2D eigenvalue weighted by Crippen LogP contribution is -2.30. The van der Waals surface area contributed by atoms with Crippen molar-refractivity contribution in [1.29, 1.82) is 0 Å². The summed E-state index contributed by atoms with van der Waals surface area (Å²) in [4.78, 5) is 44.1. The number of ether oxygens (including phenoxy) is 2. The first kappa shape index (κ1) is 25.5. The molecule has 10 nitrogen and oxygen atoms in total. The second-order valence-corrected chi connectivity index (χ2v) is 6.68. The summed E-state index contributed by atoms with van der Waals surface area (Å²) in [5.74, 6) is -21.7. The number of aromatic carboxylic acids is 4. The molecule has 0 N–H and O–H groups in total. The number of rotatable bonds is 8. The minimum Gasteiger partial charge on any atom is -0.545 e. The molecular weight excluding hydrogens is 500 g/mol. The minimum absolute atomic E-state index is 0.444. The highest BCUT2D eigenvalue weighted by molar-refractivity contribution is 6.01. The van der Waals surface area contributed by atoms with Crippen LogP contribution in [0.5, 0.6) is 23.0 Å². The molecule has 3 aromatic rings. The molecule has 0 radical (unpaired) electrons. The van der Waals surface area contributed by atoms with Crippen molar-refractivity contribution in [3.63, 3.8) is 0 Å². The first-order valence-electron chi connectivity index (χ1n) is 9.18. The molecular formula is C22H6F4O10-4. The van der Waals surface area contributed by atoms with Gasteiger partial charge < -0.3 is 49.1 Å². The number of hydrogen-bond donors (Lipinski definition) is 0. The zero-order valence-electron chi connectivity index (χ0n) is 17.1. The van der Waals surface area contributed by atoms with Crippen molar-refractivity contribution < 1.29 is 66.6 Å². The van der Waals surface area contributed by atoms with Gasteiger partial charge in [0.2, 0.25) is 34.8 Å². The number of halogens is 4. The summed E-state index contributed by atoms with van der Waals surface area (Å²) in [7, 11) is 0. The Balaban J connectivity index is 2.04. The Kier molecular flexibility index (Phi) is 6.81. The fourth-order valence-electron chi connectivity index (χ4n) is 2.87. The third kappa shape index (κ3) is 4.72. The first-order valence-corrected chi connectivity index (χ1v) is 9.18. The molecule has 0 aliphatic carbocycles. The number of hydrogen-bond acceptors (Lipinski definition) is 10. The Morgan fingerprint density at radius 3 is 1.03 bits per heavy atom. The molecule has 0 amide bonds. The van der Waals surface area contributed by atoms with E-state index < -0.39 is 92.4 Å². The Hall–Kier alpha value is -5.14. The molecule has 0 bridgehead atoms. The summed E-state index contributed by atoms with van der Waals surface area (Å²) in [6.07, 6.45) is 0. The van der Waals surface area contributed by atoms with Gasteiger partial charge in [0.05, 0.1) is 23.9 Å². The van der Waals surface area contributed by atoms with E-state index in [9.17, 15) is 57.2 Å². The predicted molar refractivity (Wildman–Crippen MR) is 96.6 cm³/mol. The molecule has 3 rings (SSSR count). The molecule has 0 aliphatic heterocycles. The van der Waals surface area contributed by atoms with Gasteiger partial charge in [-0.1, -0.05) is 0 Å². The topological polar surface area (TPSA) is 179 Å². The van der Waals surface area contributed by atoms with Gasteiger partial charge in [0.1, 0.15) is 11.5 Å². The van der Waals surface area contributed by atoms with Gasteiger partial charge in [-0.15, -0.1) is 0 Å². The van der Waals surface area contributed by atoms with Crippen LogP contribution >= 0.6 is 0 Å². The number of carbonyl (C=O) groups is 4. The van der Waals surface area contributed by atoms with Crippen molar-refractivity contribution in [2.75, 3.05) is 0 Å². The average Bonchev–Trinajstić information content (AvgIpc) is 2.82. The van der Waals surface area contributed by atoms with E-state index in [-0.39, 0.29) is 0 Å². The second-order valence-electron chi connectivity index (χ2n) is 6.68. The van der Waals surface area contributed by atoms with Crippen LogP contribution in [0, 0.1) is 23.3 Å². The van der Waals surface area contributed by atoms with Crippen LogP contribution in [-0.4, -0.2) is 23.9 Å². The van der Waals surface area contributed by atoms with Crippen molar-refractivity contribution in [1.82, 2.24) is 0 Å². The fourth-order valence-corrected chi connectivity index (χ4v) is 2.87. The van der Waals surface area contributed by atoms with Gasteiger partial charge in [-0.25, -0.2) is 0 Å². The zero-order chi connectivity index (χ0) is 26.9. The lowest BCUT2D eigenvalue weighted by Gasteiger charge is -2.17. The maximum atomic E-state index is 14.5. The zero-order valence-corrected chi connectivity index (χ0v) is 17.1.